The van der Waals surface area contributed by atoms with Gasteiger partial charge in [-0.25, -0.2) is 0 Å². The van der Waals surface area contributed by atoms with Crippen LogP contribution in [0.2, 0.25) is 0 Å². The standard InChI is InChI=1S/C13H22O4/c1-10-2-6-13(7-3-10,8-4-11(14)15)9-5-12(16)17/h10H,2-9H2,1H3,(H,14,15)(H,16,17). The van der Waals surface area contributed by atoms with Crippen LogP contribution in [0.3, 0.4) is 0 Å². The molecule has 1 aliphatic carbocycles. The van der Waals surface area contributed by atoms with E-state index >= 15 is 0 Å². The lowest BCUT2D eigenvalue weighted by atomic mass is 9.66. The average molecular weight is 242 g/mol. The zero-order chi connectivity index (χ0) is 12.9. The maximum Gasteiger partial charge on any atom is 0.303 e. The SMILES string of the molecule is CC1CCC(CCC(=O)O)(CCC(=O)O)CC1. The van der Waals surface area contributed by atoms with Crippen LogP contribution >= 0.6 is 0 Å². The highest BCUT2D eigenvalue weighted by Gasteiger charge is 2.34. The second-order valence-corrected chi connectivity index (χ2v) is 5.47. The molecule has 0 bridgehead atoms. The second kappa shape index (κ2) is 6.03. The normalized spacial score (nSPS) is 20.1. The maximum absolute atomic E-state index is 10.7. The van der Waals surface area contributed by atoms with Crippen molar-refractivity contribution in [2.24, 2.45) is 11.3 Å². The molecule has 1 rings (SSSR count). The molecule has 1 saturated carbocycles. The molecule has 0 aromatic rings. The van der Waals surface area contributed by atoms with Crippen LogP contribution in [-0.2, 0) is 9.59 Å². The highest BCUT2D eigenvalue weighted by atomic mass is 16.4. The van der Waals surface area contributed by atoms with E-state index in [1.165, 1.54) is 0 Å². The van der Waals surface area contributed by atoms with Gasteiger partial charge in [-0.2, -0.15) is 0 Å². The van der Waals surface area contributed by atoms with Crippen molar-refractivity contribution in [3.63, 3.8) is 0 Å². The van der Waals surface area contributed by atoms with Crippen LogP contribution in [0, 0.1) is 11.3 Å². The minimum Gasteiger partial charge on any atom is -0.481 e. The minimum atomic E-state index is -0.779. The number of aliphatic carboxylic acids is 2. The lowest BCUT2D eigenvalue weighted by Gasteiger charge is -2.39. The van der Waals surface area contributed by atoms with Gasteiger partial charge >= 0.3 is 11.9 Å². The van der Waals surface area contributed by atoms with E-state index in [0.717, 1.165) is 25.7 Å². The molecule has 0 spiro atoms. The topological polar surface area (TPSA) is 74.6 Å². The number of rotatable bonds is 6. The van der Waals surface area contributed by atoms with E-state index in [-0.39, 0.29) is 18.3 Å². The summed E-state index contributed by atoms with van der Waals surface area (Å²) in [4.78, 5) is 21.3. The third-order valence-corrected chi connectivity index (χ3v) is 4.07. The Hall–Kier alpha value is -1.06. The van der Waals surface area contributed by atoms with E-state index in [4.69, 9.17) is 10.2 Å². The van der Waals surface area contributed by atoms with Crippen molar-refractivity contribution in [1.29, 1.82) is 0 Å². The van der Waals surface area contributed by atoms with Gasteiger partial charge in [0.2, 0.25) is 0 Å². The van der Waals surface area contributed by atoms with Crippen molar-refractivity contribution >= 4 is 11.9 Å². The first-order valence-corrected chi connectivity index (χ1v) is 6.37. The molecule has 0 unspecified atom stereocenters. The maximum atomic E-state index is 10.7. The van der Waals surface area contributed by atoms with Gasteiger partial charge in [0.1, 0.15) is 0 Å². The Kier molecular flexibility index (Phi) is 4.97. The molecule has 0 radical (unpaired) electrons. The first-order valence-electron chi connectivity index (χ1n) is 6.37. The van der Waals surface area contributed by atoms with Crippen LogP contribution in [0.5, 0.6) is 0 Å². The molecular weight excluding hydrogens is 220 g/mol. The van der Waals surface area contributed by atoms with E-state index in [9.17, 15) is 9.59 Å². The molecule has 2 N–H and O–H groups in total. The Labute approximate surface area is 102 Å². The van der Waals surface area contributed by atoms with Crippen molar-refractivity contribution in [3.8, 4) is 0 Å². The molecule has 17 heavy (non-hydrogen) atoms. The van der Waals surface area contributed by atoms with Gasteiger partial charge in [0.05, 0.1) is 0 Å². The summed E-state index contributed by atoms with van der Waals surface area (Å²) in [6.07, 6.45) is 5.73. The first-order chi connectivity index (χ1) is 7.93. The van der Waals surface area contributed by atoms with Crippen LogP contribution in [0.1, 0.15) is 58.3 Å². The molecule has 0 aliphatic heterocycles. The third kappa shape index (κ3) is 4.75. The molecule has 4 heteroatoms. The van der Waals surface area contributed by atoms with E-state index < -0.39 is 11.9 Å². The average Bonchev–Trinajstić information content (AvgIpc) is 2.27. The van der Waals surface area contributed by atoms with Gasteiger partial charge in [-0.05, 0) is 37.0 Å². The molecule has 4 nitrogen and oxygen atoms in total. The summed E-state index contributed by atoms with van der Waals surface area (Å²) in [7, 11) is 0. The van der Waals surface area contributed by atoms with Gasteiger partial charge in [-0.1, -0.05) is 19.8 Å². The molecule has 1 fully saturated rings. The molecule has 0 aromatic carbocycles. The Morgan fingerprint density at radius 2 is 1.47 bits per heavy atom. The van der Waals surface area contributed by atoms with Crippen molar-refractivity contribution in [2.45, 2.75) is 58.3 Å². The smallest absolute Gasteiger partial charge is 0.303 e. The highest BCUT2D eigenvalue weighted by molar-refractivity contribution is 5.67. The van der Waals surface area contributed by atoms with Gasteiger partial charge in [0.15, 0.2) is 0 Å². The molecule has 0 aromatic heterocycles. The zero-order valence-electron chi connectivity index (χ0n) is 10.4. The first kappa shape index (κ1) is 14.0. The van der Waals surface area contributed by atoms with Crippen molar-refractivity contribution in [3.05, 3.63) is 0 Å². The minimum absolute atomic E-state index is 0.0384. The zero-order valence-corrected chi connectivity index (χ0v) is 10.4. The molecule has 98 valence electrons. The lowest BCUT2D eigenvalue weighted by molar-refractivity contribution is -0.138. The molecule has 1 aliphatic rings. The van der Waals surface area contributed by atoms with Gasteiger partial charge in [-0.15, -0.1) is 0 Å². The number of carboxylic acids is 2. The van der Waals surface area contributed by atoms with Crippen molar-refractivity contribution < 1.29 is 19.8 Å². The summed E-state index contributed by atoms with van der Waals surface area (Å²) in [5, 5.41) is 17.5. The van der Waals surface area contributed by atoms with Crippen LogP contribution in [0.4, 0.5) is 0 Å². The number of hydrogen-bond acceptors (Lipinski definition) is 2. The van der Waals surface area contributed by atoms with E-state index in [2.05, 4.69) is 6.92 Å². The molecule has 0 saturated heterocycles. The molecule has 0 atom stereocenters. The van der Waals surface area contributed by atoms with Gasteiger partial charge in [0.25, 0.3) is 0 Å². The van der Waals surface area contributed by atoms with Gasteiger partial charge in [0, 0.05) is 12.8 Å². The van der Waals surface area contributed by atoms with Gasteiger partial charge < -0.3 is 10.2 Å². The molecule has 0 heterocycles. The highest BCUT2D eigenvalue weighted by Crippen LogP contribution is 2.45. The van der Waals surface area contributed by atoms with Crippen LogP contribution in [-0.4, -0.2) is 22.2 Å². The number of carboxylic acid groups (broad SMARTS) is 2. The number of carbonyl (C=O) groups is 2. The second-order valence-electron chi connectivity index (χ2n) is 5.47. The van der Waals surface area contributed by atoms with E-state index in [1.54, 1.807) is 0 Å². The largest absolute Gasteiger partial charge is 0.481 e. The summed E-state index contributed by atoms with van der Waals surface area (Å²) in [5.74, 6) is -0.866. The summed E-state index contributed by atoms with van der Waals surface area (Å²) in [6.45, 7) is 2.21. The summed E-state index contributed by atoms with van der Waals surface area (Å²) in [5.41, 5.74) is -0.0384. The van der Waals surface area contributed by atoms with E-state index in [1.807, 2.05) is 0 Å². The summed E-state index contributed by atoms with van der Waals surface area (Å²) >= 11 is 0. The monoisotopic (exact) mass is 242 g/mol. The number of hydrogen-bond donors (Lipinski definition) is 2. The Morgan fingerprint density at radius 3 is 1.82 bits per heavy atom. The fourth-order valence-electron chi connectivity index (χ4n) is 2.74. The Balaban J connectivity index is 2.56. The lowest BCUT2D eigenvalue weighted by Crippen LogP contribution is -2.28. The predicted octanol–water partition coefficient (Wildman–Crippen LogP) is 2.91. The van der Waals surface area contributed by atoms with Crippen molar-refractivity contribution in [2.75, 3.05) is 0 Å². The molecule has 0 amide bonds. The summed E-state index contributed by atoms with van der Waals surface area (Å²) < 4.78 is 0. The fraction of sp³-hybridized carbons (Fsp3) is 0.846. The van der Waals surface area contributed by atoms with Crippen molar-refractivity contribution in [1.82, 2.24) is 0 Å². The summed E-state index contributed by atoms with van der Waals surface area (Å²) in [6, 6.07) is 0. The van der Waals surface area contributed by atoms with Crippen LogP contribution in [0.25, 0.3) is 0 Å². The van der Waals surface area contributed by atoms with Gasteiger partial charge in [-0.3, -0.25) is 9.59 Å². The predicted molar refractivity (Wildman–Crippen MR) is 63.8 cm³/mol. The fourth-order valence-corrected chi connectivity index (χ4v) is 2.74. The quantitative estimate of drug-likeness (QED) is 0.751. The molecular formula is C13H22O4. The Morgan fingerprint density at radius 1 is 1.06 bits per heavy atom. The van der Waals surface area contributed by atoms with Crippen LogP contribution < -0.4 is 0 Å². The third-order valence-electron chi connectivity index (χ3n) is 4.07. The van der Waals surface area contributed by atoms with Crippen LogP contribution in [0.15, 0.2) is 0 Å². The van der Waals surface area contributed by atoms with E-state index in [0.29, 0.717) is 18.8 Å². The Bertz CT molecular complexity index is 257.